The fourth-order valence-electron chi connectivity index (χ4n) is 1.79. The SMILES string of the molecule is CCN(CC)CCC(=O)Cc1ccc(F)c(Br)c1. The minimum atomic E-state index is -0.297. The molecule has 0 atom stereocenters. The van der Waals surface area contributed by atoms with Crippen LogP contribution in [0.25, 0.3) is 0 Å². The first-order valence-electron chi connectivity index (χ1n) is 6.24. The van der Waals surface area contributed by atoms with Gasteiger partial charge in [-0.3, -0.25) is 4.79 Å². The van der Waals surface area contributed by atoms with Crippen LogP contribution in [0.5, 0.6) is 0 Å². The number of benzene rings is 1. The second-order valence-electron chi connectivity index (χ2n) is 4.24. The van der Waals surface area contributed by atoms with Gasteiger partial charge in [-0.1, -0.05) is 19.9 Å². The molecule has 1 rings (SSSR count). The fraction of sp³-hybridized carbons (Fsp3) is 0.500. The van der Waals surface area contributed by atoms with Crippen molar-refractivity contribution in [1.82, 2.24) is 4.90 Å². The molecular weight excluding hydrogens is 297 g/mol. The van der Waals surface area contributed by atoms with Crippen LogP contribution in [-0.4, -0.2) is 30.3 Å². The molecule has 100 valence electrons. The molecule has 0 spiro atoms. The molecule has 0 saturated heterocycles. The molecule has 2 nitrogen and oxygen atoms in total. The van der Waals surface area contributed by atoms with Gasteiger partial charge in [-0.15, -0.1) is 0 Å². The van der Waals surface area contributed by atoms with Crippen molar-refractivity contribution < 1.29 is 9.18 Å². The van der Waals surface area contributed by atoms with Gasteiger partial charge in [0.2, 0.25) is 0 Å². The summed E-state index contributed by atoms with van der Waals surface area (Å²) in [7, 11) is 0. The van der Waals surface area contributed by atoms with E-state index in [4.69, 9.17) is 0 Å². The van der Waals surface area contributed by atoms with E-state index in [0.29, 0.717) is 17.3 Å². The highest BCUT2D eigenvalue weighted by molar-refractivity contribution is 9.10. The number of carbonyl (C=O) groups is 1. The number of halogens is 2. The van der Waals surface area contributed by atoms with Gasteiger partial charge in [0.1, 0.15) is 11.6 Å². The van der Waals surface area contributed by atoms with Crippen LogP contribution in [-0.2, 0) is 11.2 Å². The Morgan fingerprint density at radius 2 is 2.00 bits per heavy atom. The van der Waals surface area contributed by atoms with Crippen molar-refractivity contribution in [3.63, 3.8) is 0 Å². The zero-order chi connectivity index (χ0) is 13.5. The van der Waals surface area contributed by atoms with Gasteiger partial charge in [0.25, 0.3) is 0 Å². The monoisotopic (exact) mass is 315 g/mol. The predicted octanol–water partition coefficient (Wildman–Crippen LogP) is 3.43. The molecule has 0 N–H and O–H groups in total. The van der Waals surface area contributed by atoms with E-state index in [-0.39, 0.29) is 11.6 Å². The predicted molar refractivity (Wildman–Crippen MR) is 75.2 cm³/mol. The molecule has 1 aromatic carbocycles. The highest BCUT2D eigenvalue weighted by Crippen LogP contribution is 2.17. The highest BCUT2D eigenvalue weighted by Gasteiger charge is 2.08. The van der Waals surface area contributed by atoms with E-state index in [9.17, 15) is 9.18 Å². The lowest BCUT2D eigenvalue weighted by Crippen LogP contribution is -2.26. The molecule has 0 aliphatic rings. The van der Waals surface area contributed by atoms with Crippen LogP contribution in [0.2, 0.25) is 0 Å². The van der Waals surface area contributed by atoms with Crippen LogP contribution in [0, 0.1) is 5.82 Å². The minimum Gasteiger partial charge on any atom is -0.303 e. The number of rotatable bonds is 7. The summed E-state index contributed by atoms with van der Waals surface area (Å²) in [4.78, 5) is 14.0. The summed E-state index contributed by atoms with van der Waals surface area (Å²) in [5, 5.41) is 0. The Bertz CT molecular complexity index is 405. The minimum absolute atomic E-state index is 0.195. The third-order valence-corrected chi connectivity index (χ3v) is 3.59. The summed E-state index contributed by atoms with van der Waals surface area (Å²) < 4.78 is 13.5. The Labute approximate surface area is 116 Å². The largest absolute Gasteiger partial charge is 0.303 e. The molecule has 4 heteroatoms. The van der Waals surface area contributed by atoms with E-state index in [1.165, 1.54) is 6.07 Å². The zero-order valence-corrected chi connectivity index (χ0v) is 12.5. The number of nitrogens with zero attached hydrogens (tertiary/aromatic N) is 1. The first-order chi connectivity index (χ1) is 8.56. The Hall–Kier alpha value is -0.740. The summed E-state index contributed by atoms with van der Waals surface area (Å²) in [6.45, 7) is 6.90. The molecule has 0 aromatic heterocycles. The van der Waals surface area contributed by atoms with Crippen molar-refractivity contribution >= 4 is 21.7 Å². The molecule has 0 amide bonds. The van der Waals surface area contributed by atoms with Gasteiger partial charge in [-0.2, -0.15) is 0 Å². The number of hydrogen-bond donors (Lipinski definition) is 0. The lowest BCUT2D eigenvalue weighted by atomic mass is 10.1. The number of Topliss-reactive ketones (excluding diaryl/α,β-unsaturated/α-hetero) is 1. The van der Waals surface area contributed by atoms with Crippen LogP contribution in [0.15, 0.2) is 22.7 Å². The van der Waals surface area contributed by atoms with Crippen molar-refractivity contribution in [2.75, 3.05) is 19.6 Å². The van der Waals surface area contributed by atoms with Gasteiger partial charge in [0.15, 0.2) is 0 Å². The van der Waals surface area contributed by atoms with Crippen molar-refractivity contribution in [1.29, 1.82) is 0 Å². The molecular formula is C14H19BrFNO. The summed E-state index contributed by atoms with van der Waals surface area (Å²) in [6.07, 6.45) is 0.927. The van der Waals surface area contributed by atoms with E-state index in [2.05, 4.69) is 34.7 Å². The molecule has 18 heavy (non-hydrogen) atoms. The third kappa shape index (κ3) is 4.86. The summed E-state index contributed by atoms with van der Waals surface area (Å²) in [5.74, 6) is -0.102. The molecule has 0 aliphatic heterocycles. The average Bonchev–Trinajstić information content (AvgIpc) is 2.35. The van der Waals surface area contributed by atoms with Crippen molar-refractivity contribution in [3.8, 4) is 0 Å². The normalized spacial score (nSPS) is 10.9. The molecule has 0 unspecified atom stereocenters. The van der Waals surface area contributed by atoms with Crippen LogP contribution < -0.4 is 0 Å². The molecule has 0 saturated carbocycles. The van der Waals surface area contributed by atoms with Crippen LogP contribution in [0.1, 0.15) is 25.8 Å². The highest BCUT2D eigenvalue weighted by atomic mass is 79.9. The van der Waals surface area contributed by atoms with E-state index in [1.54, 1.807) is 12.1 Å². The standard InChI is InChI=1S/C14H19BrFNO/c1-3-17(4-2)8-7-12(18)9-11-5-6-14(16)13(15)10-11/h5-6,10H,3-4,7-9H2,1-2H3. The van der Waals surface area contributed by atoms with E-state index in [0.717, 1.165) is 25.2 Å². The number of ketones is 1. The second-order valence-corrected chi connectivity index (χ2v) is 5.10. The average molecular weight is 316 g/mol. The van der Waals surface area contributed by atoms with Gasteiger partial charge in [-0.25, -0.2) is 4.39 Å². The van der Waals surface area contributed by atoms with Crippen LogP contribution in [0.4, 0.5) is 4.39 Å². The lowest BCUT2D eigenvalue weighted by molar-refractivity contribution is -0.118. The Morgan fingerprint density at radius 3 is 2.56 bits per heavy atom. The molecule has 0 radical (unpaired) electrons. The van der Waals surface area contributed by atoms with Gasteiger partial charge in [0, 0.05) is 19.4 Å². The van der Waals surface area contributed by atoms with E-state index < -0.39 is 0 Å². The van der Waals surface area contributed by atoms with Gasteiger partial charge >= 0.3 is 0 Å². The second kappa shape index (κ2) is 7.64. The zero-order valence-electron chi connectivity index (χ0n) is 10.9. The molecule has 0 aliphatic carbocycles. The Kier molecular flexibility index (Phi) is 6.50. The van der Waals surface area contributed by atoms with Crippen molar-refractivity contribution in [2.24, 2.45) is 0 Å². The third-order valence-electron chi connectivity index (χ3n) is 2.99. The first-order valence-corrected chi connectivity index (χ1v) is 7.04. The van der Waals surface area contributed by atoms with Crippen LogP contribution in [0.3, 0.4) is 0 Å². The summed E-state index contributed by atoms with van der Waals surface area (Å²) in [6, 6.07) is 4.72. The summed E-state index contributed by atoms with van der Waals surface area (Å²) in [5.41, 5.74) is 0.854. The van der Waals surface area contributed by atoms with Crippen molar-refractivity contribution in [2.45, 2.75) is 26.7 Å². The summed E-state index contributed by atoms with van der Waals surface area (Å²) >= 11 is 3.13. The molecule has 0 bridgehead atoms. The molecule has 0 heterocycles. The fourth-order valence-corrected chi connectivity index (χ4v) is 2.21. The number of hydrogen-bond acceptors (Lipinski definition) is 2. The Balaban J connectivity index is 2.46. The maximum absolute atomic E-state index is 13.0. The topological polar surface area (TPSA) is 20.3 Å². The molecule has 0 fully saturated rings. The maximum atomic E-state index is 13.0. The Morgan fingerprint density at radius 1 is 1.33 bits per heavy atom. The number of carbonyl (C=O) groups excluding carboxylic acids is 1. The van der Waals surface area contributed by atoms with Gasteiger partial charge < -0.3 is 4.90 Å². The van der Waals surface area contributed by atoms with E-state index in [1.807, 2.05) is 0 Å². The van der Waals surface area contributed by atoms with E-state index >= 15 is 0 Å². The quantitative estimate of drug-likeness (QED) is 0.768. The van der Waals surface area contributed by atoms with Gasteiger partial charge in [0.05, 0.1) is 4.47 Å². The first kappa shape index (κ1) is 15.3. The van der Waals surface area contributed by atoms with Crippen molar-refractivity contribution in [3.05, 3.63) is 34.1 Å². The van der Waals surface area contributed by atoms with Gasteiger partial charge in [-0.05, 0) is 46.7 Å². The maximum Gasteiger partial charge on any atom is 0.138 e. The lowest BCUT2D eigenvalue weighted by Gasteiger charge is -2.17. The molecule has 1 aromatic rings. The van der Waals surface area contributed by atoms with Crippen LogP contribution >= 0.6 is 15.9 Å². The smallest absolute Gasteiger partial charge is 0.138 e.